The maximum Gasteiger partial charge on any atom is 0.261 e. The second-order valence-corrected chi connectivity index (χ2v) is 10.2. The molecule has 2 N–H and O–H groups in total. The van der Waals surface area contributed by atoms with Gasteiger partial charge in [-0.25, -0.2) is 13.4 Å². The molecule has 0 unspecified atom stereocenters. The van der Waals surface area contributed by atoms with Gasteiger partial charge in [-0.2, -0.15) is 0 Å². The van der Waals surface area contributed by atoms with Gasteiger partial charge in [0.1, 0.15) is 5.01 Å². The third kappa shape index (κ3) is 5.42. The van der Waals surface area contributed by atoms with E-state index in [1.54, 1.807) is 30.3 Å². The molecule has 6 nitrogen and oxygen atoms in total. The van der Waals surface area contributed by atoms with Crippen LogP contribution in [0, 0.1) is 0 Å². The Hall–Kier alpha value is -2.71. The summed E-state index contributed by atoms with van der Waals surface area (Å²) in [7, 11) is -3.71. The summed E-state index contributed by atoms with van der Waals surface area (Å²) in [6.45, 7) is 6.60. The van der Waals surface area contributed by atoms with Crippen LogP contribution in [-0.2, 0) is 22.0 Å². The van der Waals surface area contributed by atoms with Crippen LogP contribution in [0.1, 0.15) is 41.8 Å². The average Bonchev–Trinajstić information content (AvgIpc) is 3.16. The first-order valence-electron chi connectivity index (χ1n) is 9.06. The molecule has 0 spiro atoms. The molecule has 0 radical (unpaired) electrons. The molecule has 1 aromatic heterocycles. The summed E-state index contributed by atoms with van der Waals surface area (Å²) in [5.41, 5.74) is 1.82. The fourth-order valence-electron chi connectivity index (χ4n) is 2.50. The number of carbonyl (C=O) groups excluding carboxylic acids is 1. The number of rotatable bonds is 6. The van der Waals surface area contributed by atoms with Crippen molar-refractivity contribution in [2.45, 2.75) is 37.6 Å². The highest BCUT2D eigenvalue weighted by Gasteiger charge is 2.18. The van der Waals surface area contributed by atoms with Gasteiger partial charge in [0.05, 0.1) is 17.1 Å². The van der Waals surface area contributed by atoms with Crippen LogP contribution in [0.25, 0.3) is 0 Å². The van der Waals surface area contributed by atoms with Crippen LogP contribution in [-0.4, -0.2) is 19.3 Å². The molecule has 0 fully saturated rings. The smallest absolute Gasteiger partial charge is 0.261 e. The van der Waals surface area contributed by atoms with Gasteiger partial charge in [-0.15, -0.1) is 11.3 Å². The van der Waals surface area contributed by atoms with Crippen molar-refractivity contribution in [3.63, 3.8) is 0 Å². The molecule has 8 heteroatoms. The van der Waals surface area contributed by atoms with Gasteiger partial charge in [-0.1, -0.05) is 39.0 Å². The maximum atomic E-state index is 12.5. The van der Waals surface area contributed by atoms with Crippen molar-refractivity contribution in [2.24, 2.45) is 0 Å². The normalized spacial score (nSPS) is 11.8. The number of hydrogen-bond donors (Lipinski definition) is 2. The molecule has 0 aliphatic rings. The van der Waals surface area contributed by atoms with Crippen molar-refractivity contribution in [2.75, 3.05) is 4.72 Å². The molecule has 2 aromatic carbocycles. The van der Waals surface area contributed by atoms with E-state index in [1.165, 1.54) is 35.6 Å². The fourth-order valence-corrected chi connectivity index (χ4v) is 4.52. The van der Waals surface area contributed by atoms with Crippen LogP contribution in [0.2, 0.25) is 0 Å². The van der Waals surface area contributed by atoms with Gasteiger partial charge in [-0.05, 0) is 36.4 Å². The summed E-state index contributed by atoms with van der Waals surface area (Å²) in [6, 6.07) is 14.5. The summed E-state index contributed by atoms with van der Waals surface area (Å²) in [5.74, 6) is -0.280. The summed E-state index contributed by atoms with van der Waals surface area (Å²) in [4.78, 5) is 17.0. The number of aromatic nitrogens is 1. The summed E-state index contributed by atoms with van der Waals surface area (Å²) in [6.07, 6.45) is 0. The Morgan fingerprint density at radius 2 is 1.69 bits per heavy atom. The molecule has 3 aromatic rings. The van der Waals surface area contributed by atoms with Crippen molar-refractivity contribution in [1.82, 2.24) is 10.3 Å². The number of thiazole rings is 1. The fraction of sp³-hybridized carbons (Fsp3) is 0.238. The minimum atomic E-state index is -3.71. The number of hydrogen-bond acceptors (Lipinski definition) is 5. The predicted octanol–water partition coefficient (Wildman–Crippen LogP) is 4.17. The highest BCUT2D eigenvalue weighted by molar-refractivity contribution is 7.92. The highest BCUT2D eigenvalue weighted by atomic mass is 32.2. The van der Waals surface area contributed by atoms with E-state index in [0.29, 0.717) is 17.8 Å². The van der Waals surface area contributed by atoms with Crippen molar-refractivity contribution in [1.29, 1.82) is 0 Å². The maximum absolute atomic E-state index is 12.5. The van der Waals surface area contributed by atoms with E-state index in [0.717, 1.165) is 10.7 Å². The Labute approximate surface area is 175 Å². The first-order chi connectivity index (χ1) is 13.6. The summed E-state index contributed by atoms with van der Waals surface area (Å²) in [5, 5.41) is 5.65. The lowest BCUT2D eigenvalue weighted by Crippen LogP contribution is -2.23. The molecular formula is C21H23N3O3S2. The van der Waals surface area contributed by atoms with Crippen molar-refractivity contribution < 1.29 is 13.2 Å². The molecule has 152 valence electrons. The topological polar surface area (TPSA) is 88.2 Å². The first-order valence-corrected chi connectivity index (χ1v) is 11.4. The molecule has 0 aliphatic carbocycles. The predicted molar refractivity (Wildman–Crippen MR) is 116 cm³/mol. The number of sulfonamides is 1. The van der Waals surface area contributed by atoms with Gasteiger partial charge in [0.15, 0.2) is 0 Å². The van der Waals surface area contributed by atoms with Crippen LogP contribution >= 0.6 is 11.3 Å². The molecule has 0 saturated carbocycles. The molecular weight excluding hydrogens is 406 g/mol. The van der Waals surface area contributed by atoms with E-state index >= 15 is 0 Å². The van der Waals surface area contributed by atoms with Crippen molar-refractivity contribution in [3.05, 3.63) is 76.2 Å². The second-order valence-electron chi connectivity index (χ2n) is 7.56. The number of nitrogens with one attached hydrogen (secondary N) is 2. The summed E-state index contributed by atoms with van der Waals surface area (Å²) < 4.78 is 27.4. The average molecular weight is 430 g/mol. The number of carbonyl (C=O) groups is 1. The van der Waals surface area contributed by atoms with Gasteiger partial charge in [0, 0.05) is 22.0 Å². The van der Waals surface area contributed by atoms with Gasteiger partial charge in [-0.3, -0.25) is 9.52 Å². The van der Waals surface area contributed by atoms with Gasteiger partial charge in [0.25, 0.3) is 15.9 Å². The van der Waals surface area contributed by atoms with E-state index in [1.807, 2.05) is 5.38 Å². The Bertz CT molecular complexity index is 1080. The molecule has 1 heterocycles. The van der Waals surface area contributed by atoms with E-state index in [-0.39, 0.29) is 16.2 Å². The molecule has 0 saturated heterocycles. The van der Waals surface area contributed by atoms with Crippen LogP contribution < -0.4 is 10.0 Å². The van der Waals surface area contributed by atoms with Crippen LogP contribution in [0.4, 0.5) is 5.69 Å². The van der Waals surface area contributed by atoms with Gasteiger partial charge in [0.2, 0.25) is 0 Å². The third-order valence-electron chi connectivity index (χ3n) is 4.17. The Morgan fingerprint density at radius 3 is 2.28 bits per heavy atom. The van der Waals surface area contributed by atoms with E-state index in [4.69, 9.17) is 0 Å². The van der Waals surface area contributed by atoms with Gasteiger partial charge >= 0.3 is 0 Å². The standard InChI is InChI=1S/C21H23N3O3S2/c1-21(2,3)18-14-28-19(23-18)13-22-20(25)15-9-11-17(12-10-15)29(26,27)24-16-7-5-4-6-8-16/h4-12,14,24H,13H2,1-3H3,(H,22,25). The SMILES string of the molecule is CC(C)(C)c1csc(CNC(=O)c2ccc(S(=O)(=O)Nc3ccccc3)cc2)n1. The van der Waals surface area contributed by atoms with E-state index in [9.17, 15) is 13.2 Å². The first kappa shape index (κ1) is 21.0. The monoisotopic (exact) mass is 429 g/mol. The lowest BCUT2D eigenvalue weighted by molar-refractivity contribution is 0.0950. The summed E-state index contributed by atoms with van der Waals surface area (Å²) >= 11 is 1.51. The second kappa shape index (κ2) is 8.34. The van der Waals surface area contributed by atoms with Crippen LogP contribution in [0.15, 0.2) is 64.9 Å². The minimum absolute atomic E-state index is 0.0339. The molecule has 3 rings (SSSR count). The Kier molecular flexibility index (Phi) is 6.04. The molecule has 1 amide bonds. The lowest BCUT2D eigenvalue weighted by Gasteiger charge is -2.14. The third-order valence-corrected chi connectivity index (χ3v) is 6.42. The number of anilines is 1. The number of nitrogens with zero attached hydrogens (tertiary/aromatic N) is 1. The van der Waals surface area contributed by atoms with Crippen LogP contribution in [0.3, 0.4) is 0 Å². The molecule has 29 heavy (non-hydrogen) atoms. The molecule has 0 bridgehead atoms. The lowest BCUT2D eigenvalue weighted by atomic mass is 9.93. The van der Waals surface area contributed by atoms with Crippen LogP contribution in [0.5, 0.6) is 0 Å². The molecule has 0 atom stereocenters. The quantitative estimate of drug-likeness (QED) is 0.615. The van der Waals surface area contributed by atoms with Crippen molar-refractivity contribution in [3.8, 4) is 0 Å². The largest absolute Gasteiger partial charge is 0.346 e. The zero-order valence-electron chi connectivity index (χ0n) is 16.5. The Balaban J connectivity index is 1.63. The number of para-hydroxylation sites is 1. The van der Waals surface area contributed by atoms with Crippen molar-refractivity contribution >= 4 is 33.0 Å². The van der Waals surface area contributed by atoms with E-state index < -0.39 is 10.0 Å². The Morgan fingerprint density at radius 1 is 1.03 bits per heavy atom. The van der Waals surface area contributed by atoms with E-state index in [2.05, 4.69) is 35.8 Å². The number of amides is 1. The zero-order chi connectivity index (χ0) is 21.1. The zero-order valence-corrected chi connectivity index (χ0v) is 18.1. The van der Waals surface area contributed by atoms with Gasteiger partial charge < -0.3 is 5.32 Å². The molecule has 0 aliphatic heterocycles. The highest BCUT2D eigenvalue weighted by Crippen LogP contribution is 2.24. The number of benzene rings is 2. The minimum Gasteiger partial charge on any atom is -0.346 e.